The molecule has 4 aromatic rings. The molecule has 0 amide bonds. The first-order chi connectivity index (χ1) is 14.3. The van der Waals surface area contributed by atoms with Gasteiger partial charge in [-0.1, -0.05) is 72.8 Å². The van der Waals surface area contributed by atoms with E-state index in [1.54, 1.807) is 12.1 Å². The van der Waals surface area contributed by atoms with Crippen molar-refractivity contribution >= 4 is 22.8 Å². The van der Waals surface area contributed by atoms with E-state index in [0.717, 1.165) is 17.1 Å². The van der Waals surface area contributed by atoms with Crippen LogP contribution in [0.3, 0.4) is 0 Å². The minimum absolute atomic E-state index is 0.275. The Morgan fingerprint density at radius 2 is 0.897 bits per heavy atom. The van der Waals surface area contributed by atoms with E-state index in [0.29, 0.717) is 5.56 Å². The molecule has 4 aromatic carbocycles. The first-order valence-electron chi connectivity index (χ1n) is 9.44. The molecule has 0 saturated heterocycles. The molecule has 0 spiro atoms. The van der Waals surface area contributed by atoms with E-state index < -0.39 is 6.61 Å². The monoisotopic (exact) mass is 381 g/mol. The van der Waals surface area contributed by atoms with Crippen LogP contribution in [-0.2, 0) is 0 Å². The van der Waals surface area contributed by atoms with Crippen molar-refractivity contribution in [3.05, 3.63) is 127 Å². The zero-order valence-corrected chi connectivity index (χ0v) is 16.1. The highest BCUT2D eigenvalue weighted by Crippen LogP contribution is 2.33. The standard InChI is InChI=1S/C20H17NO2.C6H6/c22-15-20(23)16-11-13-19(14-12-16)21(17-7-3-1-4-8-17)18-9-5-2-6-10-18;1-2-4-6-5-3-1/h1-14,22H,15H2;1-6H. The zero-order chi connectivity index (χ0) is 20.3. The van der Waals surface area contributed by atoms with Gasteiger partial charge >= 0.3 is 0 Å². The Labute approximate surface area is 171 Å². The molecule has 1 N–H and O–H groups in total. The van der Waals surface area contributed by atoms with Crippen LogP contribution >= 0.6 is 0 Å². The van der Waals surface area contributed by atoms with Gasteiger partial charge in [-0.05, 0) is 48.5 Å². The molecule has 0 heterocycles. The topological polar surface area (TPSA) is 40.5 Å². The number of rotatable bonds is 5. The summed E-state index contributed by atoms with van der Waals surface area (Å²) >= 11 is 0. The van der Waals surface area contributed by atoms with Crippen molar-refractivity contribution in [3.8, 4) is 0 Å². The van der Waals surface area contributed by atoms with Gasteiger partial charge in [0.1, 0.15) is 6.61 Å². The lowest BCUT2D eigenvalue weighted by Crippen LogP contribution is -2.10. The molecule has 0 bridgehead atoms. The van der Waals surface area contributed by atoms with Gasteiger partial charge in [0.25, 0.3) is 0 Å². The molecule has 0 radical (unpaired) electrons. The number of anilines is 3. The average molecular weight is 381 g/mol. The predicted molar refractivity (Wildman–Crippen MR) is 119 cm³/mol. The fourth-order valence-corrected chi connectivity index (χ4v) is 2.87. The summed E-state index contributed by atoms with van der Waals surface area (Å²) in [5.74, 6) is -0.275. The summed E-state index contributed by atoms with van der Waals surface area (Å²) in [6.07, 6.45) is 0. The fraction of sp³-hybridized carbons (Fsp3) is 0.0385. The van der Waals surface area contributed by atoms with Gasteiger partial charge in [0.2, 0.25) is 0 Å². The van der Waals surface area contributed by atoms with Gasteiger partial charge in [-0.15, -0.1) is 0 Å². The molecular weight excluding hydrogens is 358 g/mol. The Kier molecular flexibility index (Phi) is 7.33. The van der Waals surface area contributed by atoms with E-state index in [9.17, 15) is 4.79 Å². The van der Waals surface area contributed by atoms with Crippen LogP contribution in [0.2, 0.25) is 0 Å². The number of benzene rings is 4. The van der Waals surface area contributed by atoms with Crippen molar-refractivity contribution in [1.82, 2.24) is 0 Å². The van der Waals surface area contributed by atoms with E-state index in [1.165, 1.54) is 0 Å². The van der Waals surface area contributed by atoms with Crippen molar-refractivity contribution in [2.45, 2.75) is 0 Å². The minimum atomic E-state index is -0.472. The summed E-state index contributed by atoms with van der Waals surface area (Å²) in [6.45, 7) is -0.472. The van der Waals surface area contributed by atoms with Gasteiger partial charge in [-0.3, -0.25) is 4.79 Å². The summed E-state index contributed by atoms with van der Waals surface area (Å²) < 4.78 is 0. The average Bonchev–Trinajstić information content (AvgIpc) is 2.82. The second kappa shape index (κ2) is 10.6. The third-order valence-corrected chi connectivity index (χ3v) is 4.29. The smallest absolute Gasteiger partial charge is 0.188 e. The summed E-state index contributed by atoms with van der Waals surface area (Å²) in [5, 5.41) is 8.96. The van der Waals surface area contributed by atoms with Crippen LogP contribution in [0.1, 0.15) is 10.4 Å². The second-order valence-corrected chi connectivity index (χ2v) is 6.29. The van der Waals surface area contributed by atoms with Gasteiger partial charge in [0.15, 0.2) is 5.78 Å². The molecule has 0 aliphatic carbocycles. The highest BCUT2D eigenvalue weighted by atomic mass is 16.3. The van der Waals surface area contributed by atoms with Crippen LogP contribution in [0.4, 0.5) is 17.1 Å². The molecule has 0 fully saturated rings. The molecule has 4 rings (SSSR count). The number of carbonyl (C=O) groups excluding carboxylic acids is 1. The molecule has 3 nitrogen and oxygen atoms in total. The van der Waals surface area contributed by atoms with Crippen molar-refractivity contribution in [3.63, 3.8) is 0 Å². The minimum Gasteiger partial charge on any atom is -0.388 e. The van der Waals surface area contributed by atoms with Gasteiger partial charge in [-0.2, -0.15) is 0 Å². The number of aliphatic hydroxyl groups is 1. The Morgan fingerprint density at radius 1 is 0.552 bits per heavy atom. The maximum Gasteiger partial charge on any atom is 0.188 e. The van der Waals surface area contributed by atoms with Crippen molar-refractivity contribution in [2.24, 2.45) is 0 Å². The van der Waals surface area contributed by atoms with Crippen molar-refractivity contribution in [2.75, 3.05) is 11.5 Å². The van der Waals surface area contributed by atoms with Crippen molar-refractivity contribution < 1.29 is 9.90 Å². The Hall–Kier alpha value is -3.69. The lowest BCUT2D eigenvalue weighted by atomic mass is 10.1. The van der Waals surface area contributed by atoms with E-state index in [4.69, 9.17) is 5.11 Å². The first-order valence-corrected chi connectivity index (χ1v) is 9.44. The summed E-state index contributed by atoms with van der Waals surface area (Å²) in [7, 11) is 0. The second-order valence-electron chi connectivity index (χ2n) is 6.29. The number of Topliss-reactive ketones (excluding diaryl/α,β-unsaturated/α-hetero) is 1. The molecule has 3 heteroatoms. The number of carbonyl (C=O) groups is 1. The highest BCUT2D eigenvalue weighted by Gasteiger charge is 2.12. The number of hydrogen-bond acceptors (Lipinski definition) is 3. The number of nitrogens with zero attached hydrogens (tertiary/aromatic N) is 1. The lowest BCUT2D eigenvalue weighted by Gasteiger charge is -2.25. The zero-order valence-electron chi connectivity index (χ0n) is 16.1. The van der Waals surface area contributed by atoms with Crippen LogP contribution in [0.25, 0.3) is 0 Å². The van der Waals surface area contributed by atoms with Crippen molar-refractivity contribution in [1.29, 1.82) is 0 Å². The SMILES string of the molecule is O=C(CO)c1ccc(N(c2ccccc2)c2ccccc2)cc1.c1ccccc1. The Morgan fingerprint density at radius 3 is 1.28 bits per heavy atom. The maximum absolute atomic E-state index is 11.6. The van der Waals surface area contributed by atoms with Crippen LogP contribution in [0.15, 0.2) is 121 Å². The number of hydrogen-bond donors (Lipinski definition) is 1. The molecule has 29 heavy (non-hydrogen) atoms. The predicted octanol–water partition coefficient (Wildman–Crippen LogP) is 6.02. The van der Waals surface area contributed by atoms with Gasteiger partial charge in [-0.25, -0.2) is 0 Å². The van der Waals surface area contributed by atoms with Gasteiger partial charge < -0.3 is 10.0 Å². The molecule has 0 saturated carbocycles. The van der Waals surface area contributed by atoms with Gasteiger partial charge in [0.05, 0.1) is 0 Å². The van der Waals surface area contributed by atoms with Gasteiger partial charge in [0, 0.05) is 22.6 Å². The third-order valence-electron chi connectivity index (χ3n) is 4.29. The van der Waals surface area contributed by atoms with Crippen LogP contribution in [-0.4, -0.2) is 17.5 Å². The molecule has 0 aliphatic heterocycles. The largest absolute Gasteiger partial charge is 0.388 e. The number of para-hydroxylation sites is 2. The quantitative estimate of drug-likeness (QED) is 0.430. The molecule has 0 aliphatic rings. The molecule has 0 unspecified atom stereocenters. The molecule has 0 atom stereocenters. The lowest BCUT2D eigenvalue weighted by molar-refractivity contribution is 0.0904. The summed E-state index contributed by atoms with van der Waals surface area (Å²) in [4.78, 5) is 13.7. The molecular formula is C26H23NO2. The molecule has 0 aromatic heterocycles. The first kappa shape index (κ1) is 20.1. The van der Waals surface area contributed by atoms with E-state index >= 15 is 0 Å². The maximum atomic E-state index is 11.6. The number of ketones is 1. The van der Waals surface area contributed by atoms with Crippen LogP contribution < -0.4 is 4.90 Å². The number of aliphatic hydroxyl groups excluding tert-OH is 1. The van der Waals surface area contributed by atoms with Crippen LogP contribution in [0.5, 0.6) is 0 Å². The Balaban J connectivity index is 0.000000343. The Bertz CT molecular complexity index is 919. The highest BCUT2D eigenvalue weighted by molar-refractivity contribution is 5.97. The van der Waals surface area contributed by atoms with E-state index in [2.05, 4.69) is 4.90 Å². The summed E-state index contributed by atoms with van der Waals surface area (Å²) in [5.41, 5.74) is 3.55. The molecule has 144 valence electrons. The van der Waals surface area contributed by atoms with Crippen LogP contribution in [0, 0.1) is 0 Å². The van der Waals surface area contributed by atoms with E-state index in [1.807, 2.05) is 109 Å². The fourth-order valence-electron chi connectivity index (χ4n) is 2.87. The van der Waals surface area contributed by atoms with E-state index in [-0.39, 0.29) is 5.78 Å². The summed E-state index contributed by atoms with van der Waals surface area (Å²) in [6, 6.07) is 39.4. The third kappa shape index (κ3) is 5.64. The normalized spacial score (nSPS) is 9.83.